The van der Waals surface area contributed by atoms with Crippen LogP contribution in [-0.4, -0.2) is 51.3 Å². The molecule has 1 atom stereocenters. The van der Waals surface area contributed by atoms with Crippen LogP contribution in [0.5, 0.6) is 0 Å². The molecule has 106 valence electrons. The second-order valence-corrected chi connectivity index (χ2v) is 6.43. The van der Waals surface area contributed by atoms with Crippen LogP contribution in [0.25, 0.3) is 0 Å². The van der Waals surface area contributed by atoms with Crippen molar-refractivity contribution in [3.8, 4) is 0 Å². The van der Waals surface area contributed by atoms with Gasteiger partial charge in [-0.2, -0.15) is 0 Å². The Bertz CT molecular complexity index is 233. The summed E-state index contributed by atoms with van der Waals surface area (Å²) < 4.78 is 5.66. The molecule has 1 saturated carbocycles. The summed E-state index contributed by atoms with van der Waals surface area (Å²) in [6.07, 6.45) is 7.01. The van der Waals surface area contributed by atoms with Gasteiger partial charge in [0.15, 0.2) is 0 Å². The Hall–Kier alpha value is -0.120. The van der Waals surface area contributed by atoms with Gasteiger partial charge in [-0.1, -0.05) is 19.8 Å². The normalized spacial score (nSPS) is 29.5. The predicted molar refractivity (Wildman–Crippen MR) is 75.9 cm³/mol. The molecule has 1 saturated heterocycles. The van der Waals surface area contributed by atoms with Crippen LogP contribution in [0.2, 0.25) is 0 Å². The van der Waals surface area contributed by atoms with Crippen molar-refractivity contribution in [2.75, 3.05) is 46.4 Å². The molecule has 1 unspecified atom stereocenters. The third-order valence-corrected chi connectivity index (χ3v) is 4.58. The highest BCUT2D eigenvalue weighted by molar-refractivity contribution is 4.88. The van der Waals surface area contributed by atoms with Crippen molar-refractivity contribution < 1.29 is 4.74 Å². The monoisotopic (exact) mass is 254 g/mol. The molecule has 1 heterocycles. The Balaban J connectivity index is 1.79. The maximum atomic E-state index is 5.66. The minimum atomic E-state index is 0.364. The minimum absolute atomic E-state index is 0.364. The van der Waals surface area contributed by atoms with Gasteiger partial charge in [-0.05, 0) is 38.8 Å². The molecule has 0 bridgehead atoms. The lowest BCUT2D eigenvalue weighted by molar-refractivity contribution is 0.113. The number of ether oxygens (including phenoxy) is 1. The van der Waals surface area contributed by atoms with E-state index in [4.69, 9.17) is 4.74 Å². The molecule has 0 aromatic carbocycles. The van der Waals surface area contributed by atoms with Gasteiger partial charge in [-0.3, -0.25) is 0 Å². The number of nitrogens with zero attached hydrogens (tertiary/aromatic N) is 1. The van der Waals surface area contributed by atoms with Gasteiger partial charge < -0.3 is 15.0 Å². The van der Waals surface area contributed by atoms with Crippen LogP contribution in [0.1, 0.15) is 39.0 Å². The first-order chi connectivity index (χ1) is 8.74. The van der Waals surface area contributed by atoms with E-state index in [0.717, 1.165) is 32.2 Å². The predicted octanol–water partition coefficient (Wildman–Crippen LogP) is 2.12. The zero-order chi connectivity index (χ0) is 12.8. The molecule has 0 radical (unpaired) electrons. The van der Waals surface area contributed by atoms with Crippen molar-refractivity contribution in [1.29, 1.82) is 0 Å². The van der Waals surface area contributed by atoms with E-state index in [-0.39, 0.29) is 0 Å². The van der Waals surface area contributed by atoms with Crippen molar-refractivity contribution in [3.05, 3.63) is 0 Å². The quantitative estimate of drug-likeness (QED) is 0.753. The molecule has 0 aromatic rings. The number of hydrogen-bond donors (Lipinski definition) is 1. The fourth-order valence-corrected chi connectivity index (χ4v) is 3.63. The first-order valence-corrected chi connectivity index (χ1v) is 7.71. The molecule has 0 amide bonds. The van der Waals surface area contributed by atoms with Gasteiger partial charge in [-0.15, -0.1) is 0 Å². The molecule has 18 heavy (non-hydrogen) atoms. The van der Waals surface area contributed by atoms with Gasteiger partial charge >= 0.3 is 0 Å². The average molecular weight is 254 g/mol. The molecule has 3 nitrogen and oxygen atoms in total. The summed E-state index contributed by atoms with van der Waals surface area (Å²) in [5.74, 6) is 0.952. The molecule has 0 aromatic heterocycles. The second-order valence-electron chi connectivity index (χ2n) is 6.43. The molecular weight excluding hydrogens is 224 g/mol. The highest BCUT2D eigenvalue weighted by Gasteiger charge is 2.35. The van der Waals surface area contributed by atoms with Crippen LogP contribution >= 0.6 is 0 Å². The van der Waals surface area contributed by atoms with E-state index in [9.17, 15) is 0 Å². The van der Waals surface area contributed by atoms with E-state index >= 15 is 0 Å². The second kappa shape index (κ2) is 6.88. The van der Waals surface area contributed by atoms with Crippen LogP contribution in [0.3, 0.4) is 0 Å². The van der Waals surface area contributed by atoms with Crippen molar-refractivity contribution in [2.24, 2.45) is 11.3 Å². The fourth-order valence-electron chi connectivity index (χ4n) is 3.63. The molecular formula is C15H30N2O. The summed E-state index contributed by atoms with van der Waals surface area (Å²) in [5.41, 5.74) is 0.364. The van der Waals surface area contributed by atoms with Crippen molar-refractivity contribution in [3.63, 3.8) is 0 Å². The lowest BCUT2D eigenvalue weighted by Gasteiger charge is -2.33. The maximum Gasteiger partial charge on any atom is 0.0547 e. The molecule has 1 aliphatic carbocycles. The third-order valence-electron chi connectivity index (χ3n) is 4.58. The lowest BCUT2D eigenvalue weighted by Crippen LogP contribution is -2.44. The molecule has 1 N–H and O–H groups in total. The average Bonchev–Trinajstić information content (AvgIpc) is 2.99. The van der Waals surface area contributed by atoms with Crippen molar-refractivity contribution in [1.82, 2.24) is 10.2 Å². The standard InChI is InChI=1S/C15H30N2O/c1-3-16-11-15(8-9-18-13-15)12-17(2)10-14-6-4-5-7-14/h14,16H,3-13H2,1-2H3. The largest absolute Gasteiger partial charge is 0.381 e. The summed E-state index contributed by atoms with van der Waals surface area (Å²) in [7, 11) is 2.30. The number of hydrogen-bond acceptors (Lipinski definition) is 3. The van der Waals surface area contributed by atoms with Crippen LogP contribution in [0.4, 0.5) is 0 Å². The highest BCUT2D eigenvalue weighted by atomic mass is 16.5. The van der Waals surface area contributed by atoms with Gasteiger partial charge in [0.1, 0.15) is 0 Å². The molecule has 3 heteroatoms. The molecule has 1 aliphatic heterocycles. The Morgan fingerprint density at radius 1 is 1.33 bits per heavy atom. The van der Waals surface area contributed by atoms with Gasteiger partial charge in [0.2, 0.25) is 0 Å². The SMILES string of the molecule is CCNCC1(CN(C)CC2CCCC2)CCOC1. The Labute approximate surface area is 112 Å². The Kier molecular flexibility index (Phi) is 5.46. The topological polar surface area (TPSA) is 24.5 Å². The van der Waals surface area contributed by atoms with Gasteiger partial charge in [0, 0.05) is 31.7 Å². The van der Waals surface area contributed by atoms with Crippen LogP contribution in [0.15, 0.2) is 0 Å². The van der Waals surface area contributed by atoms with Crippen molar-refractivity contribution >= 4 is 0 Å². The third kappa shape index (κ3) is 3.94. The smallest absolute Gasteiger partial charge is 0.0547 e. The van der Waals surface area contributed by atoms with Crippen LogP contribution < -0.4 is 5.32 Å². The Morgan fingerprint density at radius 3 is 2.72 bits per heavy atom. The van der Waals surface area contributed by atoms with E-state index < -0.39 is 0 Å². The van der Waals surface area contributed by atoms with Gasteiger partial charge in [0.05, 0.1) is 6.61 Å². The van der Waals surface area contributed by atoms with Crippen molar-refractivity contribution in [2.45, 2.75) is 39.0 Å². The molecule has 2 fully saturated rings. The van der Waals surface area contributed by atoms with Gasteiger partial charge in [0.25, 0.3) is 0 Å². The molecule has 2 rings (SSSR count). The summed E-state index contributed by atoms with van der Waals surface area (Å²) >= 11 is 0. The van der Waals surface area contributed by atoms with E-state index in [0.29, 0.717) is 5.41 Å². The van der Waals surface area contributed by atoms with Gasteiger partial charge in [-0.25, -0.2) is 0 Å². The van der Waals surface area contributed by atoms with E-state index in [1.54, 1.807) is 0 Å². The van der Waals surface area contributed by atoms with E-state index in [2.05, 4.69) is 24.2 Å². The Morgan fingerprint density at radius 2 is 2.11 bits per heavy atom. The van der Waals surface area contributed by atoms with Crippen LogP contribution in [0, 0.1) is 11.3 Å². The van der Waals surface area contributed by atoms with Crippen LogP contribution in [-0.2, 0) is 4.74 Å². The minimum Gasteiger partial charge on any atom is -0.381 e. The summed E-state index contributed by atoms with van der Waals surface area (Å²) in [4.78, 5) is 2.56. The number of rotatable bonds is 7. The van der Waals surface area contributed by atoms with E-state index in [1.165, 1.54) is 45.2 Å². The highest BCUT2D eigenvalue weighted by Crippen LogP contribution is 2.30. The number of nitrogens with one attached hydrogen (secondary N) is 1. The first kappa shape index (κ1) is 14.3. The molecule has 2 aliphatic rings. The summed E-state index contributed by atoms with van der Waals surface area (Å²) in [6.45, 7) is 8.72. The zero-order valence-corrected chi connectivity index (χ0v) is 12.2. The first-order valence-electron chi connectivity index (χ1n) is 7.71. The molecule has 0 spiro atoms. The lowest BCUT2D eigenvalue weighted by atomic mass is 9.86. The zero-order valence-electron chi connectivity index (χ0n) is 12.2. The maximum absolute atomic E-state index is 5.66. The fraction of sp³-hybridized carbons (Fsp3) is 1.00. The van der Waals surface area contributed by atoms with E-state index in [1.807, 2.05) is 0 Å². The summed E-state index contributed by atoms with van der Waals surface area (Å²) in [6, 6.07) is 0. The summed E-state index contributed by atoms with van der Waals surface area (Å²) in [5, 5.41) is 3.52.